The number of methoxy groups -OCH3 is 1. The van der Waals surface area contributed by atoms with Crippen LogP contribution in [0, 0.1) is 76.4 Å². The molecule has 13 unspecified atom stereocenters. The van der Waals surface area contributed by atoms with Crippen LogP contribution < -0.4 is 0 Å². The van der Waals surface area contributed by atoms with Gasteiger partial charge in [0, 0.05) is 0 Å². The Morgan fingerprint density at radius 2 is 1.81 bits per heavy atom. The molecular formula is C30H40O2. The smallest absolute Gasteiger partial charge is 0.312 e. The molecule has 0 N–H and O–H groups in total. The lowest BCUT2D eigenvalue weighted by Gasteiger charge is -2.42. The maximum absolute atomic E-state index is 12.3. The Labute approximate surface area is 193 Å². The first-order valence-corrected chi connectivity index (χ1v) is 13.7. The minimum Gasteiger partial charge on any atom is -0.469 e. The highest BCUT2D eigenvalue weighted by Gasteiger charge is 2.71. The number of rotatable bonds is 2. The number of esters is 1. The van der Waals surface area contributed by atoms with Crippen LogP contribution in [0.5, 0.6) is 0 Å². The molecule has 8 bridgehead atoms. The van der Waals surface area contributed by atoms with Gasteiger partial charge in [-0.05, 0) is 123 Å². The van der Waals surface area contributed by atoms with E-state index in [1.165, 1.54) is 44.9 Å². The summed E-state index contributed by atoms with van der Waals surface area (Å²) in [6, 6.07) is 0. The van der Waals surface area contributed by atoms with Crippen molar-refractivity contribution in [1.29, 1.82) is 0 Å². The predicted octanol–water partition coefficient (Wildman–Crippen LogP) is 6.44. The zero-order valence-electron chi connectivity index (χ0n) is 20.1. The first-order chi connectivity index (χ1) is 15.6. The standard InChI is InChI=1S/C16H22.C14H18O2/c1-3-11-12(4-2)14-8-13(11)15-9-5-6-10(7-9)16(14)15;1-16-13(15)14-10-4-2-8(6-10)12(14)9-3-5-11(14)7-9/h3,5-6,9-10,12-16H,4,7-8H2,1-2H3;2,4,8-12H,3,5-7H2,1H3. The lowest BCUT2D eigenvalue weighted by atomic mass is 9.61. The van der Waals surface area contributed by atoms with Crippen LogP contribution in [0.25, 0.3) is 0 Å². The van der Waals surface area contributed by atoms with Crippen molar-refractivity contribution in [3.05, 3.63) is 36.0 Å². The number of carbonyl (C=O) groups is 1. The van der Waals surface area contributed by atoms with E-state index >= 15 is 0 Å². The Kier molecular flexibility index (Phi) is 4.31. The minimum absolute atomic E-state index is 0.0987. The summed E-state index contributed by atoms with van der Waals surface area (Å²) in [5.41, 5.74) is 1.74. The molecule has 0 saturated heterocycles. The fourth-order valence-electron chi connectivity index (χ4n) is 11.6. The fraction of sp³-hybridized carbons (Fsp3) is 0.767. The number of carbonyl (C=O) groups excluding carboxylic acids is 1. The summed E-state index contributed by atoms with van der Waals surface area (Å²) in [4.78, 5) is 12.3. The molecule has 8 aliphatic rings. The molecule has 2 nitrogen and oxygen atoms in total. The quantitative estimate of drug-likeness (QED) is 0.285. The van der Waals surface area contributed by atoms with Crippen LogP contribution in [-0.2, 0) is 9.53 Å². The van der Waals surface area contributed by atoms with E-state index < -0.39 is 0 Å². The van der Waals surface area contributed by atoms with Crippen LogP contribution in [0.15, 0.2) is 36.0 Å². The largest absolute Gasteiger partial charge is 0.469 e. The van der Waals surface area contributed by atoms with Gasteiger partial charge >= 0.3 is 5.97 Å². The van der Waals surface area contributed by atoms with E-state index in [9.17, 15) is 4.79 Å². The van der Waals surface area contributed by atoms with Crippen molar-refractivity contribution in [3.8, 4) is 0 Å². The van der Waals surface area contributed by atoms with E-state index in [1.54, 1.807) is 7.11 Å². The van der Waals surface area contributed by atoms with Crippen molar-refractivity contribution in [2.45, 2.75) is 58.8 Å². The molecule has 0 aromatic rings. The maximum Gasteiger partial charge on any atom is 0.312 e. The Balaban J connectivity index is 0.000000113. The molecule has 0 spiro atoms. The molecule has 2 heteroatoms. The monoisotopic (exact) mass is 432 g/mol. The van der Waals surface area contributed by atoms with E-state index in [0.29, 0.717) is 23.7 Å². The molecular weight excluding hydrogens is 392 g/mol. The summed E-state index contributed by atoms with van der Waals surface area (Å²) in [5, 5.41) is 0. The molecule has 0 radical (unpaired) electrons. The van der Waals surface area contributed by atoms with Crippen molar-refractivity contribution in [2.75, 3.05) is 7.11 Å². The van der Waals surface area contributed by atoms with Gasteiger partial charge in [0.2, 0.25) is 0 Å². The third-order valence-electron chi connectivity index (χ3n) is 12.2. The topological polar surface area (TPSA) is 26.3 Å². The average Bonchev–Trinajstić information content (AvgIpc) is 3.65. The Bertz CT molecular complexity index is 912. The summed E-state index contributed by atoms with van der Waals surface area (Å²) in [6.45, 7) is 4.67. The third kappa shape index (κ3) is 2.21. The lowest BCUT2D eigenvalue weighted by Crippen LogP contribution is -2.47. The van der Waals surface area contributed by atoms with Gasteiger partial charge in [-0.2, -0.15) is 0 Å². The lowest BCUT2D eigenvalue weighted by molar-refractivity contribution is -0.162. The Morgan fingerprint density at radius 1 is 1.03 bits per heavy atom. The van der Waals surface area contributed by atoms with Crippen LogP contribution in [0.3, 0.4) is 0 Å². The summed E-state index contributed by atoms with van der Waals surface area (Å²) in [6.07, 6.45) is 21.7. The number of hydrogen-bond acceptors (Lipinski definition) is 2. The van der Waals surface area contributed by atoms with Gasteiger partial charge in [-0.3, -0.25) is 4.79 Å². The third-order valence-corrected chi connectivity index (χ3v) is 12.2. The highest BCUT2D eigenvalue weighted by atomic mass is 16.5. The van der Waals surface area contributed by atoms with Gasteiger partial charge < -0.3 is 4.74 Å². The van der Waals surface area contributed by atoms with Gasteiger partial charge in [0.1, 0.15) is 0 Å². The van der Waals surface area contributed by atoms with Crippen molar-refractivity contribution < 1.29 is 9.53 Å². The summed E-state index contributed by atoms with van der Waals surface area (Å²) >= 11 is 0. The van der Waals surface area contributed by atoms with Crippen molar-refractivity contribution in [2.24, 2.45) is 76.4 Å². The highest BCUT2D eigenvalue weighted by Crippen LogP contribution is 2.73. The molecule has 172 valence electrons. The zero-order valence-corrected chi connectivity index (χ0v) is 20.1. The highest BCUT2D eigenvalue weighted by molar-refractivity contribution is 5.80. The summed E-state index contributed by atoms with van der Waals surface area (Å²) < 4.78 is 5.17. The second kappa shape index (κ2) is 6.86. The molecule has 0 aromatic carbocycles. The average molecular weight is 433 g/mol. The molecule has 8 aliphatic carbocycles. The minimum atomic E-state index is -0.100. The second-order valence-corrected chi connectivity index (χ2v) is 12.5. The molecule has 6 saturated carbocycles. The molecule has 0 aromatic heterocycles. The predicted molar refractivity (Wildman–Crippen MR) is 126 cm³/mol. The fourth-order valence-corrected chi connectivity index (χ4v) is 11.6. The van der Waals surface area contributed by atoms with Gasteiger partial charge in [-0.25, -0.2) is 0 Å². The summed E-state index contributed by atoms with van der Waals surface area (Å²) in [7, 11) is 1.57. The Morgan fingerprint density at radius 3 is 2.56 bits per heavy atom. The molecule has 0 aliphatic heterocycles. The van der Waals surface area contributed by atoms with Crippen LogP contribution in [0.4, 0.5) is 0 Å². The SMILES string of the molecule is CC=C1C(CC)C2CC1C1C3C=CC(C3)C21.COC(=O)C12C3C=CC(C3)C1C1CCC2C1. The van der Waals surface area contributed by atoms with Crippen LogP contribution in [0.1, 0.15) is 58.8 Å². The first-order valence-electron chi connectivity index (χ1n) is 13.7. The molecule has 0 heterocycles. The van der Waals surface area contributed by atoms with Gasteiger partial charge in [0.15, 0.2) is 0 Å². The number of allylic oxidation sites excluding steroid dienone is 6. The molecule has 8 rings (SSSR count). The van der Waals surface area contributed by atoms with Crippen molar-refractivity contribution in [3.63, 3.8) is 0 Å². The van der Waals surface area contributed by atoms with Gasteiger partial charge in [0.25, 0.3) is 0 Å². The first kappa shape index (κ1) is 20.1. The number of fused-ring (bicyclic) bond motifs is 18. The van der Waals surface area contributed by atoms with Crippen molar-refractivity contribution >= 4 is 5.97 Å². The van der Waals surface area contributed by atoms with Crippen LogP contribution >= 0.6 is 0 Å². The molecule has 6 fully saturated rings. The second-order valence-electron chi connectivity index (χ2n) is 12.5. The number of ether oxygens (including phenoxy) is 1. The van der Waals surface area contributed by atoms with Crippen LogP contribution in [-0.4, -0.2) is 13.1 Å². The molecule has 32 heavy (non-hydrogen) atoms. The van der Waals surface area contributed by atoms with Crippen LogP contribution in [0.2, 0.25) is 0 Å². The van der Waals surface area contributed by atoms with E-state index in [1.807, 2.05) is 5.57 Å². The Hall–Kier alpha value is -1.31. The van der Waals surface area contributed by atoms with Gasteiger partial charge in [-0.15, -0.1) is 0 Å². The molecule has 0 amide bonds. The van der Waals surface area contributed by atoms with E-state index in [2.05, 4.69) is 44.2 Å². The zero-order chi connectivity index (χ0) is 21.8. The van der Waals surface area contributed by atoms with Gasteiger partial charge in [-0.1, -0.05) is 42.9 Å². The summed E-state index contributed by atoms with van der Waals surface area (Å²) in [5.74, 6) is 10.3. The van der Waals surface area contributed by atoms with E-state index in [-0.39, 0.29) is 11.4 Å². The van der Waals surface area contributed by atoms with E-state index in [4.69, 9.17) is 4.74 Å². The maximum atomic E-state index is 12.3. The normalized spacial score (nSPS) is 57.3. The van der Waals surface area contributed by atoms with E-state index in [0.717, 1.165) is 47.3 Å². The van der Waals surface area contributed by atoms with Crippen molar-refractivity contribution in [1.82, 2.24) is 0 Å². The van der Waals surface area contributed by atoms with Gasteiger partial charge in [0.05, 0.1) is 12.5 Å². The molecule has 13 atom stereocenters. The number of hydrogen-bond donors (Lipinski definition) is 0.